The Morgan fingerprint density at radius 2 is 2.00 bits per heavy atom. The Hall–Kier alpha value is -2.17. The number of aromatic nitrogens is 3. The zero-order chi connectivity index (χ0) is 9.97. The molecule has 1 N–H and O–H groups in total. The van der Waals surface area contributed by atoms with Gasteiger partial charge in [-0.2, -0.15) is 0 Å². The van der Waals surface area contributed by atoms with E-state index in [1.807, 2.05) is 0 Å². The van der Waals surface area contributed by atoms with E-state index < -0.39 is 0 Å². The van der Waals surface area contributed by atoms with Crippen molar-refractivity contribution in [2.45, 2.75) is 0 Å². The number of aromatic hydroxyl groups is 1. The van der Waals surface area contributed by atoms with Crippen molar-refractivity contribution < 1.29 is 9.90 Å². The molecule has 0 fully saturated rings. The third-order valence-corrected chi connectivity index (χ3v) is 1.84. The van der Waals surface area contributed by atoms with Crippen molar-refractivity contribution in [1.82, 2.24) is 14.8 Å². The zero-order valence-electron chi connectivity index (χ0n) is 7.16. The van der Waals surface area contributed by atoms with Crippen LogP contribution < -0.4 is 0 Å². The van der Waals surface area contributed by atoms with Crippen LogP contribution >= 0.6 is 0 Å². The molecule has 0 unspecified atom stereocenters. The SMILES string of the molecule is O=Cc1cc(O)ccc1-n1cnnc1. The van der Waals surface area contributed by atoms with Crippen molar-refractivity contribution in [2.24, 2.45) is 0 Å². The highest BCUT2D eigenvalue weighted by atomic mass is 16.3. The van der Waals surface area contributed by atoms with Crippen LogP contribution in [0, 0.1) is 0 Å². The Morgan fingerprint density at radius 3 is 2.64 bits per heavy atom. The number of carbonyl (C=O) groups excluding carboxylic acids is 1. The second-order valence-corrected chi connectivity index (χ2v) is 2.73. The molecule has 0 aliphatic rings. The fraction of sp³-hybridized carbons (Fsp3) is 0. The van der Waals surface area contributed by atoms with Gasteiger partial charge in [0.1, 0.15) is 18.4 Å². The van der Waals surface area contributed by atoms with E-state index in [-0.39, 0.29) is 5.75 Å². The number of carbonyl (C=O) groups is 1. The first-order valence-electron chi connectivity index (χ1n) is 3.94. The molecule has 14 heavy (non-hydrogen) atoms. The van der Waals surface area contributed by atoms with Crippen LogP contribution in [-0.2, 0) is 0 Å². The quantitative estimate of drug-likeness (QED) is 0.709. The summed E-state index contributed by atoms with van der Waals surface area (Å²) in [5, 5.41) is 16.4. The lowest BCUT2D eigenvalue weighted by molar-refractivity contribution is 0.112. The second kappa shape index (κ2) is 3.29. The lowest BCUT2D eigenvalue weighted by atomic mass is 10.2. The van der Waals surface area contributed by atoms with Crippen molar-refractivity contribution in [3.8, 4) is 11.4 Å². The molecule has 2 rings (SSSR count). The van der Waals surface area contributed by atoms with Crippen LogP contribution in [-0.4, -0.2) is 26.2 Å². The lowest BCUT2D eigenvalue weighted by Crippen LogP contribution is -1.95. The predicted molar refractivity (Wildman–Crippen MR) is 48.4 cm³/mol. The molecule has 1 aromatic heterocycles. The molecule has 0 atom stereocenters. The minimum atomic E-state index is 0.0592. The van der Waals surface area contributed by atoms with Crippen molar-refractivity contribution in [1.29, 1.82) is 0 Å². The smallest absolute Gasteiger partial charge is 0.152 e. The standard InChI is InChI=1S/C9H7N3O2/c13-4-7-3-8(14)1-2-9(7)12-5-10-11-6-12/h1-6,14H. The van der Waals surface area contributed by atoms with Crippen LogP contribution in [0.1, 0.15) is 10.4 Å². The highest BCUT2D eigenvalue weighted by molar-refractivity contribution is 5.81. The van der Waals surface area contributed by atoms with Gasteiger partial charge < -0.3 is 5.11 Å². The van der Waals surface area contributed by atoms with Crippen LogP contribution in [0.5, 0.6) is 5.75 Å². The summed E-state index contributed by atoms with van der Waals surface area (Å²) in [6, 6.07) is 4.52. The molecule has 2 aromatic rings. The van der Waals surface area contributed by atoms with E-state index in [2.05, 4.69) is 10.2 Å². The summed E-state index contributed by atoms with van der Waals surface area (Å²) < 4.78 is 1.60. The number of phenolic OH excluding ortho intramolecular Hbond substituents is 1. The molecular weight excluding hydrogens is 182 g/mol. The van der Waals surface area contributed by atoms with Gasteiger partial charge in [0, 0.05) is 5.56 Å². The van der Waals surface area contributed by atoms with Crippen LogP contribution in [0.3, 0.4) is 0 Å². The van der Waals surface area contributed by atoms with Gasteiger partial charge in [0.05, 0.1) is 5.69 Å². The van der Waals surface area contributed by atoms with Crippen molar-refractivity contribution in [3.05, 3.63) is 36.4 Å². The fourth-order valence-electron chi connectivity index (χ4n) is 1.20. The van der Waals surface area contributed by atoms with Crippen LogP contribution in [0.2, 0.25) is 0 Å². The molecular formula is C9H7N3O2. The summed E-state index contributed by atoms with van der Waals surface area (Å²) in [6.45, 7) is 0. The molecule has 0 aliphatic carbocycles. The summed E-state index contributed by atoms with van der Waals surface area (Å²) in [5.41, 5.74) is 1.03. The monoisotopic (exact) mass is 189 g/mol. The molecule has 70 valence electrons. The summed E-state index contributed by atoms with van der Waals surface area (Å²) in [6.07, 6.45) is 3.65. The number of aldehydes is 1. The molecule has 1 aromatic carbocycles. The minimum Gasteiger partial charge on any atom is -0.508 e. The van der Waals surface area contributed by atoms with Crippen LogP contribution in [0.25, 0.3) is 5.69 Å². The van der Waals surface area contributed by atoms with Gasteiger partial charge in [-0.15, -0.1) is 10.2 Å². The number of hydrogen-bond donors (Lipinski definition) is 1. The Labute approximate surface area is 79.6 Å². The van der Waals surface area contributed by atoms with Crippen LogP contribution in [0.4, 0.5) is 0 Å². The summed E-state index contributed by atoms with van der Waals surface area (Å²) >= 11 is 0. The number of phenols is 1. The van der Waals surface area contributed by atoms with Crippen molar-refractivity contribution >= 4 is 6.29 Å². The van der Waals surface area contributed by atoms with E-state index >= 15 is 0 Å². The first kappa shape index (κ1) is 8.43. The average Bonchev–Trinajstić information content (AvgIpc) is 2.70. The lowest BCUT2D eigenvalue weighted by Gasteiger charge is -2.04. The van der Waals surface area contributed by atoms with Gasteiger partial charge >= 0.3 is 0 Å². The largest absolute Gasteiger partial charge is 0.508 e. The van der Waals surface area contributed by atoms with E-state index in [0.29, 0.717) is 17.5 Å². The predicted octanol–water partition coefficient (Wildman–Crippen LogP) is 0.785. The average molecular weight is 189 g/mol. The van der Waals surface area contributed by atoms with Gasteiger partial charge in [0.15, 0.2) is 6.29 Å². The number of hydrogen-bond acceptors (Lipinski definition) is 4. The maximum absolute atomic E-state index is 10.7. The Balaban J connectivity index is 2.58. The summed E-state index contributed by atoms with van der Waals surface area (Å²) in [5.74, 6) is 0.0592. The molecule has 0 aliphatic heterocycles. The third kappa shape index (κ3) is 1.35. The van der Waals surface area contributed by atoms with Crippen molar-refractivity contribution in [2.75, 3.05) is 0 Å². The summed E-state index contributed by atoms with van der Waals surface area (Å²) in [7, 11) is 0. The maximum Gasteiger partial charge on any atom is 0.152 e. The zero-order valence-corrected chi connectivity index (χ0v) is 7.16. The molecule has 0 radical (unpaired) electrons. The number of rotatable bonds is 2. The van der Waals surface area contributed by atoms with E-state index in [0.717, 1.165) is 0 Å². The summed E-state index contributed by atoms with van der Waals surface area (Å²) in [4.78, 5) is 10.7. The molecule has 0 saturated carbocycles. The van der Waals surface area contributed by atoms with Gasteiger partial charge in [-0.25, -0.2) is 0 Å². The minimum absolute atomic E-state index is 0.0592. The highest BCUT2D eigenvalue weighted by Gasteiger charge is 2.04. The molecule has 0 spiro atoms. The van der Waals surface area contributed by atoms with E-state index in [1.165, 1.54) is 24.8 Å². The normalized spacial score (nSPS) is 10.0. The molecule has 5 nitrogen and oxygen atoms in total. The topological polar surface area (TPSA) is 68.0 Å². The number of benzene rings is 1. The first-order chi connectivity index (χ1) is 6.81. The number of nitrogens with zero attached hydrogens (tertiary/aromatic N) is 3. The van der Waals surface area contributed by atoms with Gasteiger partial charge in [-0.1, -0.05) is 0 Å². The van der Waals surface area contributed by atoms with Crippen LogP contribution in [0.15, 0.2) is 30.9 Å². The van der Waals surface area contributed by atoms with Crippen molar-refractivity contribution in [3.63, 3.8) is 0 Å². The van der Waals surface area contributed by atoms with E-state index in [1.54, 1.807) is 10.6 Å². The second-order valence-electron chi connectivity index (χ2n) is 2.73. The molecule has 5 heteroatoms. The van der Waals surface area contributed by atoms with E-state index in [9.17, 15) is 4.79 Å². The highest BCUT2D eigenvalue weighted by Crippen LogP contribution is 2.17. The molecule has 0 amide bonds. The maximum atomic E-state index is 10.7. The fourth-order valence-corrected chi connectivity index (χ4v) is 1.20. The van der Waals surface area contributed by atoms with Gasteiger partial charge in [-0.05, 0) is 18.2 Å². The van der Waals surface area contributed by atoms with Gasteiger partial charge in [-0.3, -0.25) is 9.36 Å². The molecule has 0 saturated heterocycles. The van der Waals surface area contributed by atoms with E-state index in [4.69, 9.17) is 5.11 Å². The van der Waals surface area contributed by atoms with Gasteiger partial charge in [0.2, 0.25) is 0 Å². The molecule has 0 bridgehead atoms. The Morgan fingerprint density at radius 1 is 1.29 bits per heavy atom. The van der Waals surface area contributed by atoms with Gasteiger partial charge in [0.25, 0.3) is 0 Å². The first-order valence-corrected chi connectivity index (χ1v) is 3.94. The molecule has 1 heterocycles. The Bertz CT molecular complexity index is 451. The third-order valence-electron chi connectivity index (χ3n) is 1.84. The Kier molecular flexibility index (Phi) is 1.98.